The molecule has 3 aliphatic rings. The Kier molecular flexibility index (Phi) is 3.70. The summed E-state index contributed by atoms with van der Waals surface area (Å²) in [4.78, 5) is 16.2. The summed E-state index contributed by atoms with van der Waals surface area (Å²) in [6.07, 6.45) is 0.549. The third-order valence-electron chi connectivity index (χ3n) is 6.46. The first kappa shape index (κ1) is 18.3. The molecule has 0 N–H and O–H groups in total. The van der Waals surface area contributed by atoms with E-state index in [1.165, 1.54) is 0 Å². The summed E-state index contributed by atoms with van der Waals surface area (Å²) in [6.45, 7) is 4.79. The second-order valence-electron chi connectivity index (χ2n) is 9.04. The Morgan fingerprint density at radius 2 is 1.58 bits per heavy atom. The highest BCUT2D eigenvalue weighted by Gasteiger charge is 2.58. The molecule has 0 aromatic heterocycles. The number of rotatable bonds is 2. The largest absolute Gasteiger partial charge is 0.487 e. The number of hydrogen-bond acceptors (Lipinski definition) is 4. The predicted molar refractivity (Wildman–Crippen MR) is 117 cm³/mol. The number of hydrogen-bond donors (Lipinski definition) is 0. The van der Waals surface area contributed by atoms with Gasteiger partial charge in [0.05, 0.1) is 6.54 Å². The molecule has 1 spiro atoms. The van der Waals surface area contributed by atoms with E-state index in [0.29, 0.717) is 30.2 Å². The smallest absolute Gasteiger partial charge is 0.242 e. The van der Waals surface area contributed by atoms with Crippen LogP contribution in [0.2, 0.25) is 0 Å². The van der Waals surface area contributed by atoms with Gasteiger partial charge in [0.2, 0.25) is 12.7 Å². The lowest BCUT2D eigenvalue weighted by Gasteiger charge is -2.43. The van der Waals surface area contributed by atoms with Gasteiger partial charge in [0.1, 0.15) is 16.8 Å². The highest BCUT2D eigenvalue weighted by molar-refractivity contribution is 6.11. The Balaban J connectivity index is 1.57. The van der Waals surface area contributed by atoms with E-state index >= 15 is 0 Å². The lowest BCUT2D eigenvalue weighted by molar-refractivity contribution is -0.124. The van der Waals surface area contributed by atoms with E-state index in [2.05, 4.69) is 18.2 Å². The van der Waals surface area contributed by atoms with Crippen molar-refractivity contribution >= 4 is 11.6 Å². The van der Waals surface area contributed by atoms with Gasteiger partial charge >= 0.3 is 0 Å². The third-order valence-corrected chi connectivity index (χ3v) is 6.46. The molecule has 0 unspecified atom stereocenters. The fraction of sp³-hybridized carbons (Fsp3) is 0.269. The molecule has 5 heteroatoms. The molecule has 3 heterocycles. The molecule has 31 heavy (non-hydrogen) atoms. The van der Waals surface area contributed by atoms with E-state index in [9.17, 15) is 4.79 Å². The summed E-state index contributed by atoms with van der Waals surface area (Å²) in [7, 11) is 0. The first-order valence-corrected chi connectivity index (χ1v) is 10.6. The van der Waals surface area contributed by atoms with Crippen LogP contribution < -0.4 is 19.1 Å². The molecule has 1 atom stereocenters. The average molecular weight is 413 g/mol. The van der Waals surface area contributed by atoms with Crippen molar-refractivity contribution in [3.63, 3.8) is 0 Å². The number of para-hydroxylation sites is 1. The van der Waals surface area contributed by atoms with E-state index in [-0.39, 0.29) is 12.7 Å². The molecule has 0 radical (unpaired) electrons. The van der Waals surface area contributed by atoms with Crippen molar-refractivity contribution in [1.82, 2.24) is 0 Å². The summed E-state index contributed by atoms with van der Waals surface area (Å²) in [5.74, 6) is 2.08. The van der Waals surface area contributed by atoms with Crippen molar-refractivity contribution in [2.75, 3.05) is 11.7 Å². The predicted octanol–water partition coefficient (Wildman–Crippen LogP) is 4.81. The van der Waals surface area contributed by atoms with E-state index in [1.54, 1.807) is 0 Å². The molecule has 5 nitrogen and oxygen atoms in total. The zero-order chi connectivity index (χ0) is 21.2. The molecule has 0 fully saturated rings. The maximum Gasteiger partial charge on any atom is 0.242 e. The number of carbonyl (C=O) groups is 1. The minimum atomic E-state index is -0.830. The first-order valence-electron chi connectivity index (χ1n) is 10.6. The normalized spacial score (nSPS) is 22.3. The molecule has 0 aliphatic carbocycles. The number of amides is 1. The lowest BCUT2D eigenvalue weighted by Crippen LogP contribution is -2.50. The van der Waals surface area contributed by atoms with Gasteiger partial charge in [0.15, 0.2) is 11.5 Å². The minimum Gasteiger partial charge on any atom is -0.487 e. The molecule has 0 bridgehead atoms. The van der Waals surface area contributed by atoms with Gasteiger partial charge in [0.25, 0.3) is 0 Å². The van der Waals surface area contributed by atoms with Crippen molar-refractivity contribution in [3.05, 3.63) is 83.4 Å². The van der Waals surface area contributed by atoms with E-state index in [0.717, 1.165) is 22.4 Å². The van der Waals surface area contributed by atoms with Gasteiger partial charge < -0.3 is 19.1 Å². The van der Waals surface area contributed by atoms with Crippen LogP contribution in [0.5, 0.6) is 17.2 Å². The molecular weight excluding hydrogens is 390 g/mol. The van der Waals surface area contributed by atoms with E-state index in [1.807, 2.05) is 67.3 Å². The van der Waals surface area contributed by atoms with Crippen LogP contribution in [0.1, 0.15) is 37.0 Å². The molecule has 3 aliphatic heterocycles. The van der Waals surface area contributed by atoms with Crippen LogP contribution in [-0.2, 0) is 16.8 Å². The number of fused-ring (bicyclic) bond motifs is 5. The fourth-order valence-electron chi connectivity index (χ4n) is 5.29. The highest BCUT2D eigenvalue weighted by Crippen LogP contribution is 2.58. The van der Waals surface area contributed by atoms with Crippen LogP contribution >= 0.6 is 0 Å². The van der Waals surface area contributed by atoms with Gasteiger partial charge in [-0.05, 0) is 37.1 Å². The Bertz CT molecular complexity index is 1200. The van der Waals surface area contributed by atoms with E-state index < -0.39 is 11.0 Å². The molecule has 6 rings (SSSR count). The average Bonchev–Trinajstić information content (AvgIpc) is 3.30. The van der Waals surface area contributed by atoms with Gasteiger partial charge in [-0.3, -0.25) is 4.79 Å². The summed E-state index contributed by atoms with van der Waals surface area (Å²) in [6, 6.07) is 22.0. The molecule has 0 saturated heterocycles. The topological polar surface area (TPSA) is 48.0 Å². The SMILES string of the molecule is CC1(C)C[C@]2(C(=O)N(Cc3ccccc3)c3ccccc32)c2cc3c(cc2O1)OCO3. The number of ether oxygens (including phenoxy) is 3. The number of anilines is 1. The second kappa shape index (κ2) is 6.27. The Labute approximate surface area is 181 Å². The van der Waals surface area contributed by atoms with Gasteiger partial charge in [0, 0.05) is 23.7 Å². The van der Waals surface area contributed by atoms with Crippen LogP contribution in [0, 0.1) is 0 Å². The van der Waals surface area contributed by atoms with Gasteiger partial charge in [-0.25, -0.2) is 0 Å². The van der Waals surface area contributed by atoms with Gasteiger partial charge in [-0.1, -0.05) is 48.5 Å². The van der Waals surface area contributed by atoms with Crippen LogP contribution in [0.15, 0.2) is 66.7 Å². The monoisotopic (exact) mass is 413 g/mol. The third kappa shape index (κ3) is 2.59. The first-order chi connectivity index (χ1) is 15.0. The van der Waals surface area contributed by atoms with Crippen LogP contribution in [-0.4, -0.2) is 18.3 Å². The van der Waals surface area contributed by atoms with Gasteiger partial charge in [-0.2, -0.15) is 0 Å². The number of nitrogens with zero attached hydrogens (tertiary/aromatic N) is 1. The summed E-state index contributed by atoms with van der Waals surface area (Å²) in [5, 5.41) is 0. The highest BCUT2D eigenvalue weighted by atomic mass is 16.7. The Morgan fingerprint density at radius 1 is 0.871 bits per heavy atom. The fourth-order valence-corrected chi connectivity index (χ4v) is 5.29. The molecule has 3 aromatic carbocycles. The van der Waals surface area contributed by atoms with Crippen molar-refractivity contribution < 1.29 is 19.0 Å². The number of carbonyl (C=O) groups excluding carboxylic acids is 1. The summed E-state index contributed by atoms with van der Waals surface area (Å²) in [5.41, 5.74) is 2.57. The van der Waals surface area contributed by atoms with E-state index in [4.69, 9.17) is 14.2 Å². The zero-order valence-corrected chi connectivity index (χ0v) is 17.6. The number of benzene rings is 3. The molecular formula is C26H23NO4. The standard InChI is InChI=1S/C26H23NO4/c1-25(2)15-26(19-12-22-23(30-16-29-22)13-21(19)31-25)18-10-6-7-11-20(18)27(24(26)28)14-17-8-4-3-5-9-17/h3-13H,14-16H2,1-2H3/t26-/m1/s1. The molecule has 0 saturated carbocycles. The van der Waals surface area contributed by atoms with Crippen molar-refractivity contribution in [2.45, 2.75) is 37.8 Å². The molecule has 1 amide bonds. The minimum absolute atomic E-state index is 0.0778. The Hall–Kier alpha value is -3.47. The van der Waals surface area contributed by atoms with Crippen molar-refractivity contribution in [1.29, 1.82) is 0 Å². The zero-order valence-electron chi connectivity index (χ0n) is 17.6. The lowest BCUT2D eigenvalue weighted by atomic mass is 9.67. The summed E-state index contributed by atoms with van der Waals surface area (Å²) < 4.78 is 17.6. The Morgan fingerprint density at radius 3 is 2.39 bits per heavy atom. The molecule has 3 aromatic rings. The van der Waals surface area contributed by atoms with Crippen molar-refractivity contribution in [3.8, 4) is 17.2 Å². The van der Waals surface area contributed by atoms with Crippen LogP contribution in [0.3, 0.4) is 0 Å². The second-order valence-corrected chi connectivity index (χ2v) is 9.04. The van der Waals surface area contributed by atoms with Crippen LogP contribution in [0.4, 0.5) is 5.69 Å². The maximum atomic E-state index is 14.3. The van der Waals surface area contributed by atoms with Crippen molar-refractivity contribution in [2.24, 2.45) is 0 Å². The van der Waals surface area contributed by atoms with Crippen LogP contribution in [0.25, 0.3) is 0 Å². The summed E-state index contributed by atoms with van der Waals surface area (Å²) >= 11 is 0. The van der Waals surface area contributed by atoms with Gasteiger partial charge in [-0.15, -0.1) is 0 Å². The maximum absolute atomic E-state index is 14.3. The quantitative estimate of drug-likeness (QED) is 0.605. The molecule has 156 valence electrons.